The maximum atomic E-state index is 12.6. The number of carbonyl (C=O) groups is 2. The number of hydrogen-bond donors (Lipinski definition) is 2. The summed E-state index contributed by atoms with van der Waals surface area (Å²) >= 11 is 1.55. The Morgan fingerprint density at radius 3 is 2.81 bits per heavy atom. The van der Waals surface area contributed by atoms with E-state index in [2.05, 4.69) is 31.3 Å². The third-order valence-electron chi connectivity index (χ3n) is 6.52. The number of rotatable bonds is 8. The van der Waals surface area contributed by atoms with E-state index in [1.807, 2.05) is 16.8 Å². The van der Waals surface area contributed by atoms with Crippen LogP contribution in [0.5, 0.6) is 0 Å². The van der Waals surface area contributed by atoms with Crippen LogP contribution in [-0.4, -0.2) is 23.0 Å². The topological polar surface area (TPSA) is 66.4 Å². The molecule has 1 aromatic rings. The van der Waals surface area contributed by atoms with Gasteiger partial charge in [0, 0.05) is 23.4 Å². The van der Waals surface area contributed by atoms with E-state index in [0.717, 1.165) is 30.7 Å². The first kappa shape index (κ1) is 19.2. The lowest BCUT2D eigenvalue weighted by Gasteiger charge is -2.62. The summed E-state index contributed by atoms with van der Waals surface area (Å²) in [7, 11) is 0. The van der Waals surface area contributed by atoms with Gasteiger partial charge < -0.3 is 10.4 Å². The fraction of sp³-hybridized carbons (Fsp3) is 0.619. The van der Waals surface area contributed by atoms with Crippen molar-refractivity contribution in [1.29, 1.82) is 0 Å². The Hall–Kier alpha value is -1.62. The Balaban J connectivity index is 1.59. The zero-order valence-corrected chi connectivity index (χ0v) is 16.4. The molecule has 0 aromatic carbocycles. The molecule has 3 fully saturated rings. The monoisotopic (exact) mass is 375 g/mol. The molecule has 142 valence electrons. The van der Waals surface area contributed by atoms with Gasteiger partial charge in [-0.25, -0.2) is 0 Å². The van der Waals surface area contributed by atoms with Crippen LogP contribution in [0.15, 0.2) is 29.0 Å². The maximum Gasteiger partial charge on any atom is 0.303 e. The molecule has 1 unspecified atom stereocenters. The van der Waals surface area contributed by atoms with Gasteiger partial charge in [-0.15, -0.1) is 0 Å². The molecule has 1 heterocycles. The van der Waals surface area contributed by atoms with E-state index >= 15 is 0 Å². The first-order valence-electron chi connectivity index (χ1n) is 9.59. The van der Waals surface area contributed by atoms with Crippen molar-refractivity contribution in [2.24, 2.45) is 23.2 Å². The summed E-state index contributed by atoms with van der Waals surface area (Å²) < 4.78 is 0. The van der Waals surface area contributed by atoms with Crippen LogP contribution in [0.4, 0.5) is 0 Å². The predicted molar refractivity (Wildman–Crippen MR) is 104 cm³/mol. The molecule has 0 radical (unpaired) electrons. The molecule has 4 nitrogen and oxygen atoms in total. The molecule has 2 N–H and O–H groups in total. The number of nitrogens with one attached hydrogen (secondary N) is 1. The number of thiophene rings is 1. The fourth-order valence-electron chi connectivity index (χ4n) is 4.76. The average molecular weight is 376 g/mol. The molecule has 3 aliphatic carbocycles. The molecular weight excluding hydrogens is 346 g/mol. The van der Waals surface area contributed by atoms with Crippen LogP contribution in [0.2, 0.25) is 0 Å². The number of unbranched alkanes of at least 4 members (excludes halogenated alkanes) is 1. The van der Waals surface area contributed by atoms with E-state index in [4.69, 9.17) is 5.11 Å². The van der Waals surface area contributed by atoms with E-state index < -0.39 is 5.97 Å². The maximum absolute atomic E-state index is 12.6. The molecule has 26 heavy (non-hydrogen) atoms. The Labute approximate surface area is 159 Å². The number of carbonyl (C=O) groups excluding carboxylic acids is 1. The fourth-order valence-corrected chi connectivity index (χ4v) is 5.39. The van der Waals surface area contributed by atoms with Crippen LogP contribution in [0, 0.1) is 23.2 Å². The zero-order chi connectivity index (χ0) is 18.7. The van der Waals surface area contributed by atoms with Crippen LogP contribution in [0.25, 0.3) is 0 Å². The summed E-state index contributed by atoms with van der Waals surface area (Å²) in [5.74, 6) is 1.10. The summed E-state index contributed by atoms with van der Waals surface area (Å²) in [6, 6.07) is 2.11. The van der Waals surface area contributed by atoms with Gasteiger partial charge in [-0.1, -0.05) is 26.0 Å². The van der Waals surface area contributed by atoms with E-state index in [-0.39, 0.29) is 18.4 Å². The number of hydrogen-bond acceptors (Lipinski definition) is 3. The van der Waals surface area contributed by atoms with Crippen molar-refractivity contribution in [3.8, 4) is 0 Å². The minimum atomic E-state index is -0.732. The van der Waals surface area contributed by atoms with Crippen molar-refractivity contribution in [2.45, 2.75) is 58.4 Å². The normalized spacial score (nSPS) is 29.3. The molecule has 0 saturated heterocycles. The van der Waals surface area contributed by atoms with Gasteiger partial charge in [-0.2, -0.15) is 11.3 Å². The largest absolute Gasteiger partial charge is 0.481 e. The second-order valence-corrected chi connectivity index (χ2v) is 9.14. The molecule has 0 aliphatic heterocycles. The average Bonchev–Trinajstić information content (AvgIpc) is 3.13. The van der Waals surface area contributed by atoms with Crippen molar-refractivity contribution in [3.05, 3.63) is 34.5 Å². The first-order valence-corrected chi connectivity index (χ1v) is 10.5. The van der Waals surface area contributed by atoms with E-state index in [1.54, 1.807) is 11.3 Å². The van der Waals surface area contributed by atoms with E-state index in [0.29, 0.717) is 23.7 Å². The van der Waals surface area contributed by atoms with Crippen LogP contribution in [0.1, 0.15) is 62.7 Å². The summed E-state index contributed by atoms with van der Waals surface area (Å²) in [4.78, 5) is 23.2. The third kappa shape index (κ3) is 4.03. The molecule has 3 saturated carbocycles. The summed E-state index contributed by atoms with van der Waals surface area (Å²) in [5.41, 5.74) is 1.08. The van der Waals surface area contributed by atoms with Gasteiger partial charge in [0.2, 0.25) is 0 Å². The van der Waals surface area contributed by atoms with Crippen molar-refractivity contribution < 1.29 is 14.7 Å². The number of carboxylic acid groups (broad SMARTS) is 1. The highest BCUT2D eigenvalue weighted by Gasteiger charge is 2.57. The highest BCUT2D eigenvalue weighted by molar-refractivity contribution is 7.08. The Morgan fingerprint density at radius 2 is 2.15 bits per heavy atom. The van der Waals surface area contributed by atoms with Crippen molar-refractivity contribution in [2.75, 3.05) is 0 Å². The van der Waals surface area contributed by atoms with Gasteiger partial charge in [0.05, 0.1) is 0 Å². The molecule has 4 rings (SSSR count). The molecule has 1 aromatic heterocycles. The lowest BCUT2D eigenvalue weighted by Crippen LogP contribution is -2.63. The quantitative estimate of drug-likeness (QED) is 0.510. The lowest BCUT2D eigenvalue weighted by molar-refractivity contribution is -0.137. The smallest absolute Gasteiger partial charge is 0.303 e. The SMILES string of the molecule is CC1(C)C2C[C@@H]1C[C@H](C/C=C\CCCC(=O)O)[C@H]2NC(=O)c1ccsc1. The minimum Gasteiger partial charge on any atom is -0.481 e. The van der Waals surface area contributed by atoms with Gasteiger partial charge in [0.1, 0.15) is 0 Å². The molecule has 5 heteroatoms. The molecule has 4 atom stereocenters. The van der Waals surface area contributed by atoms with Gasteiger partial charge in [0.25, 0.3) is 5.91 Å². The number of fused-ring (bicyclic) bond motifs is 2. The third-order valence-corrected chi connectivity index (χ3v) is 7.21. The summed E-state index contributed by atoms with van der Waals surface area (Å²) in [6.07, 6.45) is 9.37. The Morgan fingerprint density at radius 1 is 1.35 bits per heavy atom. The van der Waals surface area contributed by atoms with Crippen LogP contribution < -0.4 is 5.32 Å². The van der Waals surface area contributed by atoms with Gasteiger partial charge in [0.15, 0.2) is 0 Å². The zero-order valence-electron chi connectivity index (χ0n) is 15.6. The number of allylic oxidation sites excluding steroid dienone is 2. The van der Waals surface area contributed by atoms with Gasteiger partial charge >= 0.3 is 5.97 Å². The van der Waals surface area contributed by atoms with Crippen molar-refractivity contribution >= 4 is 23.2 Å². The highest BCUT2D eigenvalue weighted by Crippen LogP contribution is 2.61. The number of carboxylic acids is 1. The standard InChI is InChI=1S/C21H29NO3S/c1-21(2)16-11-14(7-5-3-4-6-8-18(23)24)19(17(21)12-16)22-20(25)15-9-10-26-13-15/h3,5,9-10,13-14,16-17,19H,4,6-8,11-12H2,1-2H3,(H,22,25)(H,23,24)/b5-3-/t14-,16-,17?,19+/m0/s1. The lowest BCUT2D eigenvalue weighted by atomic mass is 9.44. The van der Waals surface area contributed by atoms with Gasteiger partial charge in [-0.3, -0.25) is 9.59 Å². The van der Waals surface area contributed by atoms with E-state index in [1.165, 1.54) is 6.42 Å². The second kappa shape index (κ2) is 7.95. The number of amides is 1. The Bertz CT molecular complexity index is 665. The molecule has 3 aliphatic rings. The second-order valence-electron chi connectivity index (χ2n) is 8.36. The molecular formula is C21H29NO3S. The van der Waals surface area contributed by atoms with Crippen molar-refractivity contribution in [3.63, 3.8) is 0 Å². The highest BCUT2D eigenvalue weighted by atomic mass is 32.1. The molecule has 0 spiro atoms. The Kier molecular flexibility index (Phi) is 5.86. The summed E-state index contributed by atoms with van der Waals surface area (Å²) in [6.45, 7) is 4.68. The van der Waals surface area contributed by atoms with E-state index in [9.17, 15) is 9.59 Å². The van der Waals surface area contributed by atoms with Crippen LogP contribution >= 0.6 is 11.3 Å². The van der Waals surface area contributed by atoms with Crippen molar-refractivity contribution in [1.82, 2.24) is 5.32 Å². The summed E-state index contributed by atoms with van der Waals surface area (Å²) in [5, 5.41) is 15.9. The first-order chi connectivity index (χ1) is 12.4. The van der Waals surface area contributed by atoms with Gasteiger partial charge in [-0.05, 0) is 66.7 Å². The molecule has 1 amide bonds. The minimum absolute atomic E-state index is 0.0489. The van der Waals surface area contributed by atoms with Crippen LogP contribution in [0.3, 0.4) is 0 Å². The molecule has 2 bridgehead atoms. The van der Waals surface area contributed by atoms with Crippen LogP contribution in [-0.2, 0) is 4.79 Å². The predicted octanol–water partition coefficient (Wildman–Crippen LogP) is 4.73. The number of aliphatic carboxylic acids is 1.